The smallest absolute Gasteiger partial charge is 0.0702 e. The fourth-order valence-corrected chi connectivity index (χ4v) is 2.70. The van der Waals surface area contributed by atoms with Gasteiger partial charge in [-0.25, -0.2) is 0 Å². The van der Waals surface area contributed by atoms with E-state index in [0.29, 0.717) is 6.10 Å². The van der Waals surface area contributed by atoms with E-state index in [0.717, 1.165) is 26.2 Å². The first-order valence-electron chi connectivity index (χ1n) is 6.94. The monoisotopic (exact) mass is 242 g/mol. The van der Waals surface area contributed by atoms with Crippen LogP contribution in [-0.2, 0) is 9.47 Å². The molecular formula is C13H26N2O2. The Balaban J connectivity index is 1.57. The van der Waals surface area contributed by atoms with Crippen molar-refractivity contribution in [3.63, 3.8) is 0 Å². The molecule has 2 aliphatic heterocycles. The van der Waals surface area contributed by atoms with Gasteiger partial charge in [-0.2, -0.15) is 0 Å². The fourth-order valence-electron chi connectivity index (χ4n) is 2.70. The maximum absolute atomic E-state index is 5.69. The minimum atomic E-state index is 0.509. The van der Waals surface area contributed by atoms with Crippen molar-refractivity contribution in [2.24, 2.45) is 0 Å². The van der Waals surface area contributed by atoms with Crippen molar-refractivity contribution in [3.05, 3.63) is 0 Å². The topological polar surface area (TPSA) is 24.9 Å². The van der Waals surface area contributed by atoms with Crippen LogP contribution in [-0.4, -0.2) is 75.5 Å². The van der Waals surface area contributed by atoms with Gasteiger partial charge in [-0.15, -0.1) is 0 Å². The Kier molecular flexibility index (Phi) is 5.71. The summed E-state index contributed by atoms with van der Waals surface area (Å²) in [6.45, 7) is 9.00. The molecule has 1 atom stereocenters. The van der Waals surface area contributed by atoms with Crippen molar-refractivity contribution in [2.75, 3.05) is 59.6 Å². The van der Waals surface area contributed by atoms with E-state index in [1.807, 2.05) is 0 Å². The van der Waals surface area contributed by atoms with Crippen LogP contribution in [0.3, 0.4) is 0 Å². The lowest BCUT2D eigenvalue weighted by Crippen LogP contribution is -2.48. The molecule has 100 valence electrons. The maximum atomic E-state index is 5.69. The molecule has 0 N–H and O–H groups in total. The summed E-state index contributed by atoms with van der Waals surface area (Å²) in [5, 5.41) is 0. The maximum Gasteiger partial charge on any atom is 0.0702 e. The molecule has 2 heterocycles. The molecule has 0 saturated carbocycles. The average Bonchev–Trinajstić information content (AvgIpc) is 2.85. The summed E-state index contributed by atoms with van der Waals surface area (Å²) in [5.41, 5.74) is 0. The predicted octanol–water partition coefficient (Wildman–Crippen LogP) is 0.819. The summed E-state index contributed by atoms with van der Waals surface area (Å²) in [6, 6.07) is 0. The zero-order valence-corrected chi connectivity index (χ0v) is 11.1. The van der Waals surface area contributed by atoms with E-state index in [1.54, 1.807) is 7.11 Å². The molecule has 0 bridgehead atoms. The van der Waals surface area contributed by atoms with Crippen molar-refractivity contribution in [2.45, 2.75) is 25.4 Å². The molecule has 4 heteroatoms. The SMILES string of the molecule is COCCCN1CCN(C[C@H]2CCCO2)CC1. The molecule has 0 unspecified atom stereocenters. The predicted molar refractivity (Wildman–Crippen MR) is 68.3 cm³/mol. The standard InChI is InChI=1S/C13H26N2O2/c1-16-10-3-5-14-6-8-15(9-7-14)12-13-4-2-11-17-13/h13H,2-12H2,1H3/t13-/m1/s1. The molecule has 0 aromatic rings. The molecule has 2 aliphatic rings. The van der Waals surface area contributed by atoms with Crippen LogP contribution in [0.15, 0.2) is 0 Å². The zero-order valence-electron chi connectivity index (χ0n) is 11.1. The van der Waals surface area contributed by atoms with Gasteiger partial charge < -0.3 is 14.4 Å². The van der Waals surface area contributed by atoms with Crippen molar-refractivity contribution in [3.8, 4) is 0 Å². The minimum absolute atomic E-state index is 0.509. The van der Waals surface area contributed by atoms with Crippen molar-refractivity contribution in [1.82, 2.24) is 9.80 Å². The van der Waals surface area contributed by atoms with Gasteiger partial charge in [0.05, 0.1) is 6.10 Å². The molecule has 2 saturated heterocycles. The van der Waals surface area contributed by atoms with E-state index in [9.17, 15) is 0 Å². The number of hydrogen-bond donors (Lipinski definition) is 0. The molecule has 2 fully saturated rings. The molecule has 0 aromatic carbocycles. The molecule has 0 radical (unpaired) electrons. The highest BCUT2D eigenvalue weighted by Crippen LogP contribution is 2.14. The number of hydrogen-bond acceptors (Lipinski definition) is 4. The normalized spacial score (nSPS) is 27.7. The van der Waals surface area contributed by atoms with Crippen molar-refractivity contribution in [1.29, 1.82) is 0 Å². The van der Waals surface area contributed by atoms with Gasteiger partial charge >= 0.3 is 0 Å². The summed E-state index contributed by atoms with van der Waals surface area (Å²) >= 11 is 0. The summed E-state index contributed by atoms with van der Waals surface area (Å²) in [5.74, 6) is 0. The average molecular weight is 242 g/mol. The molecule has 0 amide bonds. The van der Waals surface area contributed by atoms with Crippen LogP contribution in [0.1, 0.15) is 19.3 Å². The van der Waals surface area contributed by atoms with Crippen LogP contribution < -0.4 is 0 Å². The number of nitrogens with zero attached hydrogens (tertiary/aromatic N) is 2. The Morgan fingerprint density at radius 2 is 1.94 bits per heavy atom. The van der Waals surface area contributed by atoms with E-state index in [2.05, 4.69) is 9.80 Å². The Bertz CT molecular complexity index is 200. The molecule has 0 spiro atoms. The second-order valence-electron chi connectivity index (χ2n) is 5.12. The molecule has 2 rings (SSSR count). The number of rotatable bonds is 6. The van der Waals surface area contributed by atoms with Gasteiger partial charge in [-0.3, -0.25) is 4.90 Å². The Hall–Kier alpha value is -0.160. The van der Waals surface area contributed by atoms with Gasteiger partial charge in [0.2, 0.25) is 0 Å². The van der Waals surface area contributed by atoms with E-state index in [1.165, 1.54) is 45.6 Å². The third-order valence-electron chi connectivity index (χ3n) is 3.77. The first kappa shape index (κ1) is 13.3. The van der Waals surface area contributed by atoms with E-state index >= 15 is 0 Å². The second-order valence-corrected chi connectivity index (χ2v) is 5.12. The van der Waals surface area contributed by atoms with Crippen LogP contribution in [0, 0.1) is 0 Å². The van der Waals surface area contributed by atoms with E-state index in [4.69, 9.17) is 9.47 Å². The van der Waals surface area contributed by atoms with Gasteiger partial charge in [-0.1, -0.05) is 0 Å². The highest BCUT2D eigenvalue weighted by atomic mass is 16.5. The minimum Gasteiger partial charge on any atom is -0.385 e. The Morgan fingerprint density at radius 3 is 2.59 bits per heavy atom. The summed E-state index contributed by atoms with van der Waals surface area (Å²) in [6.07, 6.45) is 4.17. The first-order valence-corrected chi connectivity index (χ1v) is 6.94. The molecular weight excluding hydrogens is 216 g/mol. The van der Waals surface area contributed by atoms with Crippen molar-refractivity contribution < 1.29 is 9.47 Å². The van der Waals surface area contributed by atoms with E-state index < -0.39 is 0 Å². The zero-order chi connectivity index (χ0) is 11.9. The fraction of sp³-hybridized carbons (Fsp3) is 1.00. The number of piperazine rings is 1. The third-order valence-corrected chi connectivity index (χ3v) is 3.77. The van der Waals surface area contributed by atoms with Crippen LogP contribution in [0.2, 0.25) is 0 Å². The summed E-state index contributed by atoms with van der Waals surface area (Å²) in [4.78, 5) is 5.10. The van der Waals surface area contributed by atoms with Crippen LogP contribution in [0.4, 0.5) is 0 Å². The summed E-state index contributed by atoms with van der Waals surface area (Å²) in [7, 11) is 1.78. The van der Waals surface area contributed by atoms with Crippen LogP contribution >= 0.6 is 0 Å². The molecule has 4 nitrogen and oxygen atoms in total. The number of methoxy groups -OCH3 is 1. The third kappa shape index (κ3) is 4.54. The Morgan fingerprint density at radius 1 is 1.18 bits per heavy atom. The lowest BCUT2D eigenvalue weighted by atomic mass is 10.2. The van der Waals surface area contributed by atoms with Gasteiger partial charge in [0.1, 0.15) is 0 Å². The lowest BCUT2D eigenvalue weighted by Gasteiger charge is -2.35. The van der Waals surface area contributed by atoms with Gasteiger partial charge in [0, 0.05) is 59.6 Å². The quantitative estimate of drug-likeness (QED) is 0.644. The Labute approximate surface area is 105 Å². The summed E-state index contributed by atoms with van der Waals surface area (Å²) < 4.78 is 10.8. The molecule has 17 heavy (non-hydrogen) atoms. The molecule has 0 aromatic heterocycles. The van der Waals surface area contributed by atoms with Crippen LogP contribution in [0.5, 0.6) is 0 Å². The first-order chi connectivity index (χ1) is 8.38. The highest BCUT2D eigenvalue weighted by molar-refractivity contribution is 4.76. The second kappa shape index (κ2) is 7.31. The lowest BCUT2D eigenvalue weighted by molar-refractivity contribution is 0.0486. The highest BCUT2D eigenvalue weighted by Gasteiger charge is 2.22. The van der Waals surface area contributed by atoms with Gasteiger partial charge in [-0.05, 0) is 19.3 Å². The van der Waals surface area contributed by atoms with Gasteiger partial charge in [0.25, 0.3) is 0 Å². The van der Waals surface area contributed by atoms with E-state index in [-0.39, 0.29) is 0 Å². The number of ether oxygens (including phenoxy) is 2. The molecule has 0 aliphatic carbocycles. The largest absolute Gasteiger partial charge is 0.385 e. The van der Waals surface area contributed by atoms with Crippen LogP contribution in [0.25, 0.3) is 0 Å². The van der Waals surface area contributed by atoms with Crippen molar-refractivity contribution >= 4 is 0 Å². The van der Waals surface area contributed by atoms with Gasteiger partial charge in [0.15, 0.2) is 0 Å².